The summed E-state index contributed by atoms with van der Waals surface area (Å²) in [5.41, 5.74) is 1.87. The minimum Gasteiger partial charge on any atom is -0.383 e. The van der Waals surface area contributed by atoms with Crippen molar-refractivity contribution in [1.82, 2.24) is 20.2 Å². The van der Waals surface area contributed by atoms with Gasteiger partial charge >= 0.3 is 0 Å². The Morgan fingerprint density at radius 1 is 1.24 bits per heavy atom. The maximum absolute atomic E-state index is 12.9. The van der Waals surface area contributed by atoms with Gasteiger partial charge in [0.1, 0.15) is 11.6 Å². The van der Waals surface area contributed by atoms with Crippen molar-refractivity contribution < 1.29 is 13.9 Å². The second kappa shape index (κ2) is 10.3. The van der Waals surface area contributed by atoms with Crippen LogP contribution >= 0.6 is 0 Å². The van der Waals surface area contributed by atoms with Gasteiger partial charge in [0.05, 0.1) is 31.2 Å². The average Bonchev–Trinajstić information content (AvgIpc) is 2.71. The van der Waals surface area contributed by atoms with Crippen molar-refractivity contribution in [2.24, 2.45) is 0 Å². The Balaban J connectivity index is 1.45. The van der Waals surface area contributed by atoms with Crippen LogP contribution in [0.25, 0.3) is 0 Å². The molecule has 1 aliphatic heterocycles. The number of nitrogens with zero attached hydrogens (tertiary/aromatic N) is 3. The highest BCUT2D eigenvalue weighted by Gasteiger charge is 2.23. The highest BCUT2D eigenvalue weighted by atomic mass is 19.1. The van der Waals surface area contributed by atoms with Gasteiger partial charge in [0, 0.05) is 24.8 Å². The molecule has 1 atom stereocenters. The summed E-state index contributed by atoms with van der Waals surface area (Å²) in [5.74, 6) is 0.639. The fourth-order valence-corrected chi connectivity index (χ4v) is 3.52. The van der Waals surface area contributed by atoms with Crippen molar-refractivity contribution in [3.8, 4) is 0 Å². The lowest BCUT2D eigenvalue weighted by Crippen LogP contribution is -2.44. The number of pyridine rings is 2. The first kappa shape index (κ1) is 21.1. The van der Waals surface area contributed by atoms with E-state index in [-0.39, 0.29) is 17.8 Å². The molecule has 7 nitrogen and oxygen atoms in total. The maximum atomic E-state index is 12.9. The number of aromatic nitrogens is 2. The van der Waals surface area contributed by atoms with Crippen LogP contribution in [-0.4, -0.2) is 60.2 Å². The van der Waals surface area contributed by atoms with Crippen LogP contribution in [0.1, 0.15) is 31.4 Å². The lowest BCUT2D eigenvalue weighted by atomic mass is 9.93. The van der Waals surface area contributed by atoms with E-state index in [1.807, 2.05) is 19.1 Å². The van der Waals surface area contributed by atoms with E-state index in [0.29, 0.717) is 24.9 Å². The molecule has 1 amide bonds. The smallest absolute Gasteiger partial charge is 0.234 e. The number of halogens is 1. The number of hydrogen-bond acceptors (Lipinski definition) is 6. The second-order valence-electron chi connectivity index (χ2n) is 7.43. The molecular weight excluding hydrogens is 373 g/mol. The molecule has 3 heterocycles. The van der Waals surface area contributed by atoms with E-state index < -0.39 is 0 Å². The quantitative estimate of drug-likeness (QED) is 0.708. The highest BCUT2D eigenvalue weighted by molar-refractivity contribution is 5.78. The normalized spacial score (nSPS) is 16.4. The number of carbonyl (C=O) groups excluding carboxylic acids is 1. The molecule has 2 aromatic heterocycles. The van der Waals surface area contributed by atoms with Crippen LogP contribution in [0, 0.1) is 5.82 Å². The van der Waals surface area contributed by atoms with Gasteiger partial charge in [-0.2, -0.15) is 0 Å². The van der Waals surface area contributed by atoms with Gasteiger partial charge in [-0.05, 0) is 57.1 Å². The molecule has 3 rings (SSSR count). The fourth-order valence-electron chi connectivity index (χ4n) is 3.52. The van der Waals surface area contributed by atoms with Gasteiger partial charge in [0.15, 0.2) is 0 Å². The summed E-state index contributed by atoms with van der Waals surface area (Å²) in [7, 11) is 1.63. The number of ether oxygens (including phenoxy) is 1. The molecule has 2 N–H and O–H groups in total. The molecule has 0 bridgehead atoms. The average molecular weight is 401 g/mol. The third-order valence-electron chi connectivity index (χ3n) is 4.98. The largest absolute Gasteiger partial charge is 0.383 e. The number of nitrogens with one attached hydrogen (secondary N) is 2. The summed E-state index contributed by atoms with van der Waals surface area (Å²) < 4.78 is 18.0. The van der Waals surface area contributed by atoms with Gasteiger partial charge in [-0.3, -0.25) is 14.7 Å². The van der Waals surface area contributed by atoms with E-state index in [1.54, 1.807) is 19.4 Å². The van der Waals surface area contributed by atoms with Gasteiger partial charge < -0.3 is 15.4 Å². The fraction of sp³-hybridized carbons (Fsp3) is 0.476. The van der Waals surface area contributed by atoms with Crippen molar-refractivity contribution >= 4 is 17.4 Å². The summed E-state index contributed by atoms with van der Waals surface area (Å²) >= 11 is 0. The first-order valence-electron chi connectivity index (χ1n) is 9.88. The number of likely N-dealkylation sites (tertiary alicyclic amines) is 1. The molecule has 0 aromatic carbocycles. The molecular formula is C21H28FN5O2. The number of hydrogen-bond donors (Lipinski definition) is 2. The van der Waals surface area contributed by atoms with Crippen LogP contribution in [0.2, 0.25) is 0 Å². The Hall–Kier alpha value is -2.58. The standard InChI is InChI=1S/C21H28FN5O2/c1-15(14-29-2)25-21(28)13-27-9-7-16(8-10-27)19-5-4-18(12-23-19)26-20-6-3-17(22)11-24-20/h3-6,11-12,15-16H,7-10,13-14H2,1-2H3,(H,24,26)(H,25,28)/t15-/m1/s1. The van der Waals surface area contributed by atoms with E-state index >= 15 is 0 Å². The number of anilines is 2. The monoisotopic (exact) mass is 401 g/mol. The molecule has 2 aromatic rings. The van der Waals surface area contributed by atoms with Crippen LogP contribution in [0.15, 0.2) is 36.7 Å². The first-order valence-corrected chi connectivity index (χ1v) is 9.88. The first-order chi connectivity index (χ1) is 14.0. The van der Waals surface area contributed by atoms with Crippen LogP contribution in [-0.2, 0) is 9.53 Å². The summed E-state index contributed by atoms with van der Waals surface area (Å²) in [6.45, 7) is 4.61. The lowest BCUT2D eigenvalue weighted by molar-refractivity contribution is -0.123. The van der Waals surface area contributed by atoms with E-state index in [2.05, 4.69) is 25.5 Å². The number of amides is 1. The van der Waals surface area contributed by atoms with Crippen molar-refractivity contribution in [2.75, 3.05) is 38.7 Å². The molecule has 0 saturated carbocycles. The van der Waals surface area contributed by atoms with Crippen molar-refractivity contribution in [1.29, 1.82) is 0 Å². The van der Waals surface area contributed by atoms with Crippen LogP contribution in [0.3, 0.4) is 0 Å². The van der Waals surface area contributed by atoms with E-state index in [4.69, 9.17) is 4.74 Å². The molecule has 0 spiro atoms. The second-order valence-corrected chi connectivity index (χ2v) is 7.43. The van der Waals surface area contributed by atoms with Crippen molar-refractivity contribution in [3.63, 3.8) is 0 Å². The minimum atomic E-state index is -0.364. The third-order valence-corrected chi connectivity index (χ3v) is 4.98. The zero-order valence-corrected chi connectivity index (χ0v) is 16.9. The van der Waals surface area contributed by atoms with E-state index in [1.165, 1.54) is 12.3 Å². The van der Waals surface area contributed by atoms with Gasteiger partial charge in [0.2, 0.25) is 5.91 Å². The van der Waals surface area contributed by atoms with Gasteiger partial charge in [0.25, 0.3) is 0 Å². The zero-order chi connectivity index (χ0) is 20.6. The maximum Gasteiger partial charge on any atom is 0.234 e. The number of methoxy groups -OCH3 is 1. The summed E-state index contributed by atoms with van der Waals surface area (Å²) in [6.07, 6.45) is 4.90. The third kappa shape index (κ3) is 6.47. The van der Waals surface area contributed by atoms with Crippen molar-refractivity contribution in [3.05, 3.63) is 48.2 Å². The molecule has 1 aliphatic rings. The minimum absolute atomic E-state index is 0.0199. The Morgan fingerprint density at radius 3 is 2.66 bits per heavy atom. The molecule has 0 aliphatic carbocycles. The molecule has 156 valence electrons. The highest BCUT2D eigenvalue weighted by Crippen LogP contribution is 2.27. The topological polar surface area (TPSA) is 79.4 Å². The summed E-state index contributed by atoms with van der Waals surface area (Å²) in [4.78, 5) is 22.9. The number of piperidine rings is 1. The molecule has 8 heteroatoms. The van der Waals surface area contributed by atoms with Crippen LogP contribution in [0.4, 0.5) is 15.9 Å². The number of rotatable bonds is 8. The predicted molar refractivity (Wildman–Crippen MR) is 110 cm³/mol. The Labute approximate surface area is 170 Å². The van der Waals surface area contributed by atoms with Gasteiger partial charge in [-0.1, -0.05) is 0 Å². The van der Waals surface area contributed by atoms with Crippen molar-refractivity contribution in [2.45, 2.75) is 31.7 Å². The Kier molecular flexibility index (Phi) is 7.48. The number of carbonyl (C=O) groups is 1. The summed E-state index contributed by atoms with van der Waals surface area (Å²) in [5, 5.41) is 6.06. The lowest BCUT2D eigenvalue weighted by Gasteiger charge is -2.31. The Morgan fingerprint density at radius 2 is 2.03 bits per heavy atom. The Bertz CT molecular complexity index is 777. The molecule has 29 heavy (non-hydrogen) atoms. The van der Waals surface area contributed by atoms with Crippen LogP contribution < -0.4 is 10.6 Å². The van der Waals surface area contributed by atoms with E-state index in [0.717, 1.165) is 37.3 Å². The molecule has 0 radical (unpaired) electrons. The van der Waals surface area contributed by atoms with Crippen LogP contribution in [0.5, 0.6) is 0 Å². The molecule has 0 unspecified atom stereocenters. The zero-order valence-electron chi connectivity index (χ0n) is 16.9. The van der Waals surface area contributed by atoms with Gasteiger partial charge in [-0.25, -0.2) is 9.37 Å². The predicted octanol–water partition coefficient (Wildman–Crippen LogP) is 2.69. The molecule has 1 fully saturated rings. The SMILES string of the molecule is COC[C@@H](C)NC(=O)CN1CCC(c2ccc(Nc3ccc(F)cn3)cn2)CC1. The van der Waals surface area contributed by atoms with E-state index in [9.17, 15) is 9.18 Å². The summed E-state index contributed by atoms with van der Waals surface area (Å²) in [6, 6.07) is 6.95. The van der Waals surface area contributed by atoms with Gasteiger partial charge in [-0.15, -0.1) is 0 Å². The molecule has 1 saturated heterocycles.